The highest BCUT2D eigenvalue weighted by atomic mass is 16.6. The Hall–Kier alpha value is -1.51. The van der Waals surface area contributed by atoms with E-state index in [4.69, 9.17) is 4.74 Å². The van der Waals surface area contributed by atoms with E-state index in [0.29, 0.717) is 6.04 Å². The first kappa shape index (κ1) is 10.6. The van der Waals surface area contributed by atoms with Gasteiger partial charge in [-0.2, -0.15) is 0 Å². The van der Waals surface area contributed by atoms with Gasteiger partial charge in [0.1, 0.15) is 6.10 Å². The molecule has 2 aliphatic rings. The molecular formula is C14H17NO2. The normalized spacial score (nSPS) is 28.5. The van der Waals surface area contributed by atoms with Crippen LogP contribution in [-0.4, -0.2) is 23.6 Å². The maximum Gasteiger partial charge on any atom is 0.410 e. The number of carbonyl (C=O) groups excluding carboxylic acids is 1. The minimum absolute atomic E-state index is 0.0527. The predicted molar refractivity (Wildman–Crippen MR) is 64.6 cm³/mol. The fraction of sp³-hybridized carbons (Fsp3) is 0.500. The largest absolute Gasteiger partial charge is 0.441 e. The number of amides is 1. The standard InChI is InChI=1S/C14H17NO2/c16-14-15-9-5-4-8-12(15)10-13(17-14)11-6-2-1-3-7-11/h1-3,6-7,12-13H,4-5,8-10H2/t12-,13-/m0/s1. The molecule has 2 aliphatic heterocycles. The topological polar surface area (TPSA) is 29.5 Å². The van der Waals surface area contributed by atoms with Gasteiger partial charge in [-0.3, -0.25) is 0 Å². The average molecular weight is 231 g/mol. The van der Waals surface area contributed by atoms with Crippen molar-refractivity contribution in [1.29, 1.82) is 0 Å². The number of nitrogens with zero attached hydrogens (tertiary/aromatic N) is 1. The molecule has 3 rings (SSSR count). The smallest absolute Gasteiger partial charge is 0.410 e. The minimum atomic E-state index is -0.130. The molecule has 0 aliphatic carbocycles. The molecule has 90 valence electrons. The Morgan fingerprint density at radius 3 is 2.82 bits per heavy atom. The zero-order valence-electron chi connectivity index (χ0n) is 9.84. The number of piperidine rings is 1. The number of hydrogen-bond donors (Lipinski definition) is 0. The molecule has 0 unspecified atom stereocenters. The molecule has 17 heavy (non-hydrogen) atoms. The lowest BCUT2D eigenvalue weighted by Crippen LogP contribution is -2.48. The monoisotopic (exact) mass is 231 g/mol. The zero-order valence-corrected chi connectivity index (χ0v) is 9.84. The highest BCUT2D eigenvalue weighted by molar-refractivity contribution is 5.69. The van der Waals surface area contributed by atoms with Gasteiger partial charge in [0.2, 0.25) is 0 Å². The predicted octanol–water partition coefficient (Wildman–Crippen LogP) is 3.12. The fourth-order valence-electron chi connectivity index (χ4n) is 2.84. The van der Waals surface area contributed by atoms with Crippen LogP contribution in [0.1, 0.15) is 37.4 Å². The van der Waals surface area contributed by atoms with E-state index in [9.17, 15) is 4.79 Å². The van der Waals surface area contributed by atoms with Crippen molar-refractivity contribution in [3.05, 3.63) is 35.9 Å². The fourth-order valence-corrected chi connectivity index (χ4v) is 2.84. The molecule has 1 aromatic carbocycles. The van der Waals surface area contributed by atoms with Crippen molar-refractivity contribution in [2.75, 3.05) is 6.54 Å². The van der Waals surface area contributed by atoms with Gasteiger partial charge >= 0.3 is 6.09 Å². The van der Waals surface area contributed by atoms with Crippen molar-refractivity contribution in [2.45, 2.75) is 37.8 Å². The van der Waals surface area contributed by atoms with Crippen molar-refractivity contribution in [1.82, 2.24) is 4.90 Å². The van der Waals surface area contributed by atoms with Gasteiger partial charge < -0.3 is 9.64 Å². The second-order valence-corrected chi connectivity index (χ2v) is 4.86. The van der Waals surface area contributed by atoms with Crippen molar-refractivity contribution in [3.63, 3.8) is 0 Å². The zero-order chi connectivity index (χ0) is 11.7. The van der Waals surface area contributed by atoms with Crippen molar-refractivity contribution in [2.24, 2.45) is 0 Å². The first-order valence-corrected chi connectivity index (χ1v) is 6.37. The molecule has 1 aromatic rings. The van der Waals surface area contributed by atoms with E-state index >= 15 is 0 Å². The number of rotatable bonds is 1. The molecule has 3 heteroatoms. The lowest BCUT2D eigenvalue weighted by atomic mass is 9.93. The molecule has 0 radical (unpaired) electrons. The van der Waals surface area contributed by atoms with Crippen LogP contribution >= 0.6 is 0 Å². The Morgan fingerprint density at radius 2 is 2.00 bits per heavy atom. The average Bonchev–Trinajstić information content (AvgIpc) is 2.40. The van der Waals surface area contributed by atoms with Crippen molar-refractivity contribution < 1.29 is 9.53 Å². The van der Waals surface area contributed by atoms with Crippen molar-refractivity contribution in [3.8, 4) is 0 Å². The van der Waals surface area contributed by atoms with Crippen LogP contribution in [0.5, 0.6) is 0 Å². The van der Waals surface area contributed by atoms with Crippen LogP contribution in [0.3, 0.4) is 0 Å². The summed E-state index contributed by atoms with van der Waals surface area (Å²) in [4.78, 5) is 13.8. The van der Waals surface area contributed by atoms with Crippen LogP contribution in [0.2, 0.25) is 0 Å². The third-order valence-corrected chi connectivity index (χ3v) is 3.76. The maximum atomic E-state index is 11.9. The van der Waals surface area contributed by atoms with Crippen molar-refractivity contribution >= 4 is 6.09 Å². The molecule has 2 fully saturated rings. The second-order valence-electron chi connectivity index (χ2n) is 4.86. The van der Waals surface area contributed by atoms with E-state index in [0.717, 1.165) is 31.4 Å². The molecule has 0 N–H and O–H groups in total. The van der Waals surface area contributed by atoms with E-state index in [1.807, 2.05) is 35.2 Å². The van der Waals surface area contributed by atoms with Gasteiger partial charge in [-0.15, -0.1) is 0 Å². The van der Waals surface area contributed by atoms with Gasteiger partial charge in [-0.05, 0) is 24.8 Å². The molecule has 0 spiro atoms. The molecule has 1 amide bonds. The summed E-state index contributed by atoms with van der Waals surface area (Å²) in [5, 5.41) is 0. The van der Waals surface area contributed by atoms with E-state index < -0.39 is 0 Å². The summed E-state index contributed by atoms with van der Waals surface area (Å²) in [6, 6.07) is 10.4. The number of fused-ring (bicyclic) bond motifs is 1. The third-order valence-electron chi connectivity index (χ3n) is 3.76. The van der Waals surface area contributed by atoms with E-state index in [1.54, 1.807) is 0 Å². The molecule has 2 heterocycles. The highest BCUT2D eigenvalue weighted by Gasteiger charge is 2.36. The summed E-state index contributed by atoms with van der Waals surface area (Å²) in [6.07, 6.45) is 4.23. The quantitative estimate of drug-likeness (QED) is 0.743. The lowest BCUT2D eigenvalue weighted by molar-refractivity contribution is -0.0138. The summed E-state index contributed by atoms with van der Waals surface area (Å²) in [6.45, 7) is 0.866. The van der Waals surface area contributed by atoms with Gasteiger partial charge in [0.15, 0.2) is 0 Å². The Labute approximate surface area is 101 Å². The summed E-state index contributed by atoms with van der Waals surface area (Å²) in [5.41, 5.74) is 1.12. The number of benzene rings is 1. The summed E-state index contributed by atoms with van der Waals surface area (Å²) in [5.74, 6) is 0. The number of ether oxygens (including phenoxy) is 1. The Morgan fingerprint density at radius 1 is 1.18 bits per heavy atom. The molecule has 0 saturated carbocycles. The number of cyclic esters (lactones) is 1. The molecule has 2 atom stereocenters. The lowest BCUT2D eigenvalue weighted by Gasteiger charge is -2.41. The maximum absolute atomic E-state index is 11.9. The number of hydrogen-bond acceptors (Lipinski definition) is 2. The highest BCUT2D eigenvalue weighted by Crippen LogP contribution is 2.34. The van der Waals surface area contributed by atoms with Gasteiger partial charge in [-0.25, -0.2) is 4.79 Å². The molecule has 3 nitrogen and oxygen atoms in total. The van der Waals surface area contributed by atoms with Crippen LogP contribution < -0.4 is 0 Å². The van der Waals surface area contributed by atoms with Crippen LogP contribution in [-0.2, 0) is 4.74 Å². The van der Waals surface area contributed by atoms with Gasteiger partial charge in [-0.1, -0.05) is 30.3 Å². The molecule has 2 saturated heterocycles. The Bertz CT molecular complexity index is 404. The third kappa shape index (κ3) is 2.02. The van der Waals surface area contributed by atoms with E-state index in [1.165, 1.54) is 6.42 Å². The summed E-state index contributed by atoms with van der Waals surface area (Å²) >= 11 is 0. The van der Waals surface area contributed by atoms with Gasteiger partial charge in [0.05, 0.1) is 0 Å². The minimum Gasteiger partial charge on any atom is -0.441 e. The van der Waals surface area contributed by atoms with E-state index in [2.05, 4.69) is 0 Å². The Balaban J connectivity index is 1.79. The van der Waals surface area contributed by atoms with Crippen LogP contribution in [0, 0.1) is 0 Å². The van der Waals surface area contributed by atoms with Crippen LogP contribution in [0.15, 0.2) is 30.3 Å². The SMILES string of the molecule is O=C1O[C@H](c2ccccc2)C[C@@H]2CCCCN12. The summed E-state index contributed by atoms with van der Waals surface area (Å²) in [7, 11) is 0. The number of carbonyl (C=O) groups is 1. The molecular weight excluding hydrogens is 214 g/mol. The summed E-state index contributed by atoms with van der Waals surface area (Å²) < 4.78 is 5.53. The first-order chi connectivity index (χ1) is 8.34. The second kappa shape index (κ2) is 4.40. The van der Waals surface area contributed by atoms with E-state index in [-0.39, 0.29) is 12.2 Å². The first-order valence-electron chi connectivity index (χ1n) is 6.37. The van der Waals surface area contributed by atoms with Crippen LogP contribution in [0.25, 0.3) is 0 Å². The molecule has 0 bridgehead atoms. The molecule has 0 aromatic heterocycles. The Kier molecular flexibility index (Phi) is 2.75. The van der Waals surface area contributed by atoms with Gasteiger partial charge in [0, 0.05) is 19.0 Å². The van der Waals surface area contributed by atoms with Crippen LogP contribution in [0.4, 0.5) is 4.79 Å². The van der Waals surface area contributed by atoms with Gasteiger partial charge in [0.25, 0.3) is 0 Å².